The van der Waals surface area contributed by atoms with Gasteiger partial charge in [0.2, 0.25) is 0 Å². The Kier molecular flexibility index (Phi) is 4.66. The zero-order valence-corrected chi connectivity index (χ0v) is 15.4. The number of nitrogens with zero attached hydrogens (tertiary/aromatic N) is 2. The van der Waals surface area contributed by atoms with Gasteiger partial charge in [0, 0.05) is 15.3 Å². The molecular weight excluding hydrogens is 462 g/mol. The molecule has 2 nitrogen and oxygen atoms in total. The molecule has 106 valence electrons. The zero-order chi connectivity index (χ0) is 14.8. The molecule has 5 heteroatoms. The molecule has 0 spiro atoms. The van der Waals surface area contributed by atoms with Crippen LogP contribution in [0.3, 0.4) is 0 Å². The minimum absolute atomic E-state index is 0.0736. The van der Waals surface area contributed by atoms with Crippen molar-refractivity contribution in [2.24, 2.45) is 0 Å². The fourth-order valence-electron chi connectivity index (χ4n) is 2.05. The molecule has 0 N–H and O–H groups in total. The predicted molar refractivity (Wildman–Crippen MR) is 98.5 cm³/mol. The molecule has 0 aliphatic carbocycles. The molecule has 1 aromatic heterocycles. The first-order chi connectivity index (χ1) is 10.1. The Bertz CT molecular complexity index is 758. The minimum atomic E-state index is 0.0736. The van der Waals surface area contributed by atoms with Crippen molar-refractivity contribution in [1.29, 1.82) is 0 Å². The molecule has 0 amide bonds. The quantitative estimate of drug-likeness (QED) is 0.357. The Labute approximate surface area is 150 Å². The maximum atomic E-state index is 6.20. The van der Waals surface area contributed by atoms with E-state index in [1.54, 1.807) is 0 Å². The Morgan fingerprint density at radius 3 is 2.57 bits per heavy atom. The van der Waals surface area contributed by atoms with Crippen LogP contribution in [0.4, 0.5) is 0 Å². The van der Waals surface area contributed by atoms with Crippen molar-refractivity contribution in [3.63, 3.8) is 0 Å². The number of hydrogen-bond donors (Lipinski definition) is 0. The van der Waals surface area contributed by atoms with E-state index in [0.717, 1.165) is 25.4 Å². The smallest absolute Gasteiger partial charge is 0.0676 e. The second-order valence-corrected chi connectivity index (χ2v) is 7.07. The molecule has 0 bridgehead atoms. The van der Waals surface area contributed by atoms with Gasteiger partial charge in [-0.05, 0) is 52.4 Å². The number of rotatable bonds is 3. The third-order valence-electron chi connectivity index (χ3n) is 3.15. The summed E-state index contributed by atoms with van der Waals surface area (Å²) in [6.45, 7) is 0. The Balaban J connectivity index is 1.90. The summed E-state index contributed by atoms with van der Waals surface area (Å²) in [6.07, 6.45) is 3.90. The van der Waals surface area contributed by atoms with Crippen LogP contribution < -0.4 is 0 Å². The van der Waals surface area contributed by atoms with Crippen LogP contribution in [0.1, 0.15) is 16.0 Å². The van der Waals surface area contributed by atoms with E-state index in [1.165, 1.54) is 0 Å². The summed E-state index contributed by atoms with van der Waals surface area (Å²) in [5.41, 5.74) is 3.26. The first-order valence-corrected chi connectivity index (χ1v) is 8.71. The Hall–Kier alpha value is -0.850. The van der Waals surface area contributed by atoms with Gasteiger partial charge in [0.25, 0.3) is 0 Å². The standard InChI is InChI=1S/C16H11BrClIN2/c17-16(11-6-7-15(19)14(18)8-11)12-9-20-21(10-12)13-4-2-1-3-5-13/h1-10,16H. The van der Waals surface area contributed by atoms with Crippen LogP contribution in [-0.2, 0) is 0 Å². The average Bonchev–Trinajstić information content (AvgIpc) is 3.00. The van der Waals surface area contributed by atoms with E-state index < -0.39 is 0 Å². The number of benzene rings is 2. The summed E-state index contributed by atoms with van der Waals surface area (Å²) in [4.78, 5) is 0.0736. The van der Waals surface area contributed by atoms with Crippen LogP contribution in [0.5, 0.6) is 0 Å². The molecule has 21 heavy (non-hydrogen) atoms. The largest absolute Gasteiger partial charge is 0.241 e. The fraction of sp³-hybridized carbons (Fsp3) is 0.0625. The van der Waals surface area contributed by atoms with Gasteiger partial charge in [-0.25, -0.2) is 4.68 Å². The lowest BCUT2D eigenvalue weighted by Crippen LogP contribution is -1.94. The van der Waals surface area contributed by atoms with Gasteiger partial charge in [0.1, 0.15) is 0 Å². The van der Waals surface area contributed by atoms with E-state index in [-0.39, 0.29) is 4.83 Å². The zero-order valence-electron chi connectivity index (χ0n) is 10.9. The second kappa shape index (κ2) is 6.50. The van der Waals surface area contributed by atoms with E-state index >= 15 is 0 Å². The highest BCUT2D eigenvalue weighted by Crippen LogP contribution is 2.33. The molecule has 0 aliphatic heterocycles. The summed E-state index contributed by atoms with van der Waals surface area (Å²) in [5, 5.41) is 5.20. The van der Waals surface area contributed by atoms with Crippen LogP contribution in [0.25, 0.3) is 5.69 Å². The molecule has 1 heterocycles. The maximum absolute atomic E-state index is 6.20. The van der Waals surface area contributed by atoms with Crippen LogP contribution in [0.15, 0.2) is 60.9 Å². The van der Waals surface area contributed by atoms with Crippen molar-refractivity contribution in [3.05, 3.63) is 80.6 Å². The molecule has 2 aromatic carbocycles. The topological polar surface area (TPSA) is 17.8 Å². The predicted octanol–water partition coefficient (Wildman–Crippen LogP) is 5.61. The number of aromatic nitrogens is 2. The van der Waals surface area contributed by atoms with Crippen molar-refractivity contribution in [1.82, 2.24) is 9.78 Å². The lowest BCUT2D eigenvalue weighted by Gasteiger charge is -2.09. The van der Waals surface area contributed by atoms with Crippen molar-refractivity contribution in [3.8, 4) is 5.69 Å². The molecule has 0 radical (unpaired) electrons. The summed E-state index contributed by atoms with van der Waals surface area (Å²) >= 11 is 12.1. The van der Waals surface area contributed by atoms with Gasteiger partial charge in [-0.15, -0.1) is 0 Å². The molecule has 0 saturated carbocycles. The molecule has 0 saturated heterocycles. The van der Waals surface area contributed by atoms with E-state index in [9.17, 15) is 0 Å². The summed E-state index contributed by atoms with van der Waals surface area (Å²) in [6, 6.07) is 16.1. The summed E-state index contributed by atoms with van der Waals surface area (Å²) in [7, 11) is 0. The number of para-hydroxylation sites is 1. The van der Waals surface area contributed by atoms with Crippen molar-refractivity contribution >= 4 is 50.1 Å². The lowest BCUT2D eigenvalue weighted by molar-refractivity contribution is 0.880. The highest BCUT2D eigenvalue weighted by Gasteiger charge is 2.14. The third kappa shape index (κ3) is 3.33. The molecular formula is C16H11BrClIN2. The van der Waals surface area contributed by atoms with E-state index in [1.807, 2.05) is 59.5 Å². The fourth-order valence-corrected chi connectivity index (χ4v) is 3.10. The van der Waals surface area contributed by atoms with Gasteiger partial charge < -0.3 is 0 Å². The maximum Gasteiger partial charge on any atom is 0.0676 e. The molecule has 0 aliphatic rings. The summed E-state index contributed by atoms with van der Waals surface area (Å²) in [5.74, 6) is 0. The number of halogens is 3. The molecule has 1 atom stereocenters. The van der Waals surface area contributed by atoms with E-state index in [2.05, 4.69) is 49.7 Å². The molecule has 3 aromatic rings. The third-order valence-corrected chi connectivity index (χ3v) is 5.78. The van der Waals surface area contributed by atoms with Crippen LogP contribution >= 0.6 is 50.1 Å². The van der Waals surface area contributed by atoms with Gasteiger partial charge in [0.05, 0.1) is 21.7 Å². The van der Waals surface area contributed by atoms with Gasteiger partial charge in [0.15, 0.2) is 0 Å². The van der Waals surface area contributed by atoms with Crippen molar-refractivity contribution in [2.75, 3.05) is 0 Å². The van der Waals surface area contributed by atoms with Crippen molar-refractivity contribution < 1.29 is 0 Å². The number of hydrogen-bond acceptors (Lipinski definition) is 1. The lowest BCUT2D eigenvalue weighted by atomic mass is 10.1. The van der Waals surface area contributed by atoms with Crippen molar-refractivity contribution in [2.45, 2.75) is 4.83 Å². The summed E-state index contributed by atoms with van der Waals surface area (Å²) < 4.78 is 2.93. The molecule has 0 fully saturated rings. The Morgan fingerprint density at radius 1 is 1.10 bits per heavy atom. The van der Waals surface area contributed by atoms with Crippen LogP contribution in [0.2, 0.25) is 5.02 Å². The highest BCUT2D eigenvalue weighted by molar-refractivity contribution is 14.1. The minimum Gasteiger partial charge on any atom is -0.241 e. The average molecular weight is 474 g/mol. The SMILES string of the molecule is Clc1cc(C(Br)c2cnn(-c3ccccc3)c2)ccc1I. The van der Waals surface area contributed by atoms with Gasteiger partial charge in [-0.3, -0.25) is 0 Å². The highest BCUT2D eigenvalue weighted by atomic mass is 127. The molecule has 3 rings (SSSR count). The first kappa shape index (κ1) is 15.1. The normalized spacial score (nSPS) is 12.3. The van der Waals surface area contributed by atoms with Gasteiger partial charge >= 0.3 is 0 Å². The molecule has 1 unspecified atom stereocenters. The monoisotopic (exact) mass is 472 g/mol. The van der Waals surface area contributed by atoms with Gasteiger partial charge in [-0.1, -0.05) is 51.8 Å². The van der Waals surface area contributed by atoms with E-state index in [4.69, 9.17) is 11.6 Å². The van der Waals surface area contributed by atoms with Crippen LogP contribution in [0, 0.1) is 3.57 Å². The number of alkyl halides is 1. The Morgan fingerprint density at radius 2 is 1.86 bits per heavy atom. The first-order valence-electron chi connectivity index (χ1n) is 6.34. The van der Waals surface area contributed by atoms with Crippen LogP contribution in [-0.4, -0.2) is 9.78 Å². The second-order valence-electron chi connectivity index (χ2n) is 4.59. The van der Waals surface area contributed by atoms with E-state index in [0.29, 0.717) is 0 Å². The van der Waals surface area contributed by atoms with Gasteiger partial charge in [-0.2, -0.15) is 5.10 Å².